The van der Waals surface area contributed by atoms with Crippen LogP contribution in [0.1, 0.15) is 11.5 Å². The third-order valence-corrected chi connectivity index (χ3v) is 2.84. The number of nitrogens with one attached hydrogen (secondary N) is 1. The van der Waals surface area contributed by atoms with Crippen LogP contribution in [0.4, 0.5) is 5.82 Å². The molecule has 4 nitrogen and oxygen atoms in total. The molecule has 0 spiro atoms. The maximum Gasteiger partial charge on any atom is 0.190 e. The van der Waals surface area contributed by atoms with Gasteiger partial charge in [0, 0.05) is 6.07 Å². The Morgan fingerprint density at radius 2 is 2.24 bits per heavy atom. The van der Waals surface area contributed by atoms with Gasteiger partial charge in [0.15, 0.2) is 5.16 Å². The molecule has 1 N–H and O–H groups in total. The van der Waals surface area contributed by atoms with Crippen LogP contribution in [0, 0.1) is 6.92 Å². The SMILES string of the molecule is CSc1nc(Cl)cc(NCc2ccc(C)o2)n1. The smallest absolute Gasteiger partial charge is 0.190 e. The lowest BCUT2D eigenvalue weighted by Crippen LogP contribution is -2.02. The Bertz CT molecular complexity index is 515. The summed E-state index contributed by atoms with van der Waals surface area (Å²) in [6, 6.07) is 5.55. The van der Waals surface area contributed by atoms with Crippen LogP contribution in [-0.2, 0) is 6.54 Å². The number of halogens is 1. The van der Waals surface area contributed by atoms with E-state index < -0.39 is 0 Å². The minimum absolute atomic E-state index is 0.433. The number of aromatic nitrogens is 2. The largest absolute Gasteiger partial charge is 0.465 e. The van der Waals surface area contributed by atoms with Crippen LogP contribution in [0.5, 0.6) is 0 Å². The predicted octanol–water partition coefficient (Wildman–Crippen LogP) is 3.37. The summed E-state index contributed by atoms with van der Waals surface area (Å²) in [6.45, 7) is 2.49. The molecule has 0 saturated carbocycles. The van der Waals surface area contributed by atoms with Crippen molar-refractivity contribution in [1.82, 2.24) is 9.97 Å². The fraction of sp³-hybridized carbons (Fsp3) is 0.273. The zero-order valence-corrected chi connectivity index (χ0v) is 11.1. The van der Waals surface area contributed by atoms with Gasteiger partial charge in [-0.05, 0) is 25.3 Å². The zero-order valence-electron chi connectivity index (χ0n) is 9.53. The maximum absolute atomic E-state index is 5.89. The summed E-state index contributed by atoms with van der Waals surface area (Å²) in [7, 11) is 0. The second-order valence-corrected chi connectivity index (χ2v) is 4.59. The van der Waals surface area contributed by atoms with Gasteiger partial charge in [0.1, 0.15) is 22.5 Å². The zero-order chi connectivity index (χ0) is 12.3. The highest BCUT2D eigenvalue weighted by molar-refractivity contribution is 7.98. The summed E-state index contributed by atoms with van der Waals surface area (Å²) in [5.41, 5.74) is 0. The highest BCUT2D eigenvalue weighted by Gasteiger charge is 2.03. The van der Waals surface area contributed by atoms with Gasteiger partial charge in [0.2, 0.25) is 0 Å². The van der Waals surface area contributed by atoms with Crippen molar-refractivity contribution in [3.05, 3.63) is 34.9 Å². The fourth-order valence-corrected chi connectivity index (χ4v) is 1.95. The van der Waals surface area contributed by atoms with E-state index >= 15 is 0 Å². The Hall–Kier alpha value is -1.20. The standard InChI is InChI=1S/C11H12ClN3OS/c1-7-3-4-8(16-7)6-13-10-5-9(12)14-11(15-10)17-2/h3-5H,6H2,1-2H3,(H,13,14,15). The quantitative estimate of drug-likeness (QED) is 0.524. The molecule has 2 aromatic heterocycles. The average Bonchev–Trinajstić information content (AvgIpc) is 2.72. The monoisotopic (exact) mass is 269 g/mol. The summed E-state index contributed by atoms with van der Waals surface area (Å²) in [5.74, 6) is 2.46. The fourth-order valence-electron chi connectivity index (χ4n) is 1.34. The molecule has 0 unspecified atom stereocenters. The van der Waals surface area contributed by atoms with Gasteiger partial charge in [-0.15, -0.1) is 0 Å². The molecule has 90 valence electrons. The second-order valence-electron chi connectivity index (χ2n) is 3.43. The summed E-state index contributed by atoms with van der Waals surface area (Å²) in [6.07, 6.45) is 1.91. The van der Waals surface area contributed by atoms with E-state index in [0.717, 1.165) is 11.5 Å². The molecule has 2 rings (SSSR count). The molecule has 2 aromatic rings. The molecule has 0 saturated heterocycles. The molecule has 0 aliphatic carbocycles. The molecule has 0 atom stereocenters. The van der Waals surface area contributed by atoms with E-state index in [1.54, 1.807) is 6.07 Å². The van der Waals surface area contributed by atoms with E-state index in [4.69, 9.17) is 16.0 Å². The first-order chi connectivity index (χ1) is 8.17. The molecule has 0 fully saturated rings. The van der Waals surface area contributed by atoms with Gasteiger partial charge < -0.3 is 9.73 Å². The lowest BCUT2D eigenvalue weighted by Gasteiger charge is -2.05. The normalized spacial score (nSPS) is 10.5. The Balaban J connectivity index is 2.05. The van der Waals surface area contributed by atoms with Gasteiger partial charge in [0.05, 0.1) is 6.54 Å². The first-order valence-corrected chi connectivity index (χ1v) is 6.65. The number of thioether (sulfide) groups is 1. The summed E-state index contributed by atoms with van der Waals surface area (Å²) < 4.78 is 5.45. The predicted molar refractivity (Wildman–Crippen MR) is 69.6 cm³/mol. The second kappa shape index (κ2) is 5.42. The number of furan rings is 1. The molecular weight excluding hydrogens is 258 g/mol. The lowest BCUT2D eigenvalue weighted by molar-refractivity contribution is 0.490. The first-order valence-electron chi connectivity index (χ1n) is 5.05. The van der Waals surface area contributed by atoms with Crippen molar-refractivity contribution in [3.63, 3.8) is 0 Å². The highest BCUT2D eigenvalue weighted by Crippen LogP contribution is 2.18. The molecule has 17 heavy (non-hydrogen) atoms. The van der Waals surface area contributed by atoms with Gasteiger partial charge in [-0.25, -0.2) is 9.97 Å². The molecule has 0 aliphatic rings. The van der Waals surface area contributed by atoms with Crippen LogP contribution in [0.3, 0.4) is 0 Å². The van der Waals surface area contributed by atoms with Gasteiger partial charge in [-0.2, -0.15) is 0 Å². The molecular formula is C11H12ClN3OS. The molecule has 6 heteroatoms. The van der Waals surface area contributed by atoms with Crippen LogP contribution in [0.25, 0.3) is 0 Å². The number of nitrogens with zero attached hydrogens (tertiary/aromatic N) is 2. The topological polar surface area (TPSA) is 51.0 Å². The van der Waals surface area contributed by atoms with E-state index in [2.05, 4.69) is 15.3 Å². The Labute approximate surface area is 109 Å². The van der Waals surface area contributed by atoms with Crippen LogP contribution in [0.2, 0.25) is 5.15 Å². The van der Waals surface area contributed by atoms with Gasteiger partial charge in [-0.3, -0.25) is 0 Å². The summed E-state index contributed by atoms with van der Waals surface area (Å²) >= 11 is 7.34. The Kier molecular flexibility index (Phi) is 3.91. The summed E-state index contributed by atoms with van der Waals surface area (Å²) in [4.78, 5) is 8.35. The Morgan fingerprint density at radius 1 is 1.41 bits per heavy atom. The highest BCUT2D eigenvalue weighted by atomic mass is 35.5. The number of anilines is 1. The van der Waals surface area contributed by atoms with Crippen molar-refractivity contribution in [3.8, 4) is 0 Å². The van der Waals surface area contributed by atoms with Crippen molar-refractivity contribution in [1.29, 1.82) is 0 Å². The summed E-state index contributed by atoms with van der Waals surface area (Å²) in [5, 5.41) is 4.23. The van der Waals surface area contributed by atoms with E-state index in [-0.39, 0.29) is 0 Å². The third kappa shape index (κ3) is 3.38. The first kappa shape index (κ1) is 12.3. The van der Waals surface area contributed by atoms with Crippen LogP contribution in [0.15, 0.2) is 27.8 Å². The van der Waals surface area contributed by atoms with E-state index in [1.807, 2.05) is 25.3 Å². The number of aryl methyl sites for hydroxylation is 1. The van der Waals surface area contributed by atoms with Gasteiger partial charge >= 0.3 is 0 Å². The van der Waals surface area contributed by atoms with E-state index in [1.165, 1.54) is 11.8 Å². The molecule has 0 amide bonds. The van der Waals surface area contributed by atoms with Crippen molar-refractivity contribution >= 4 is 29.2 Å². The molecule has 0 bridgehead atoms. The van der Waals surface area contributed by atoms with Crippen molar-refractivity contribution in [2.24, 2.45) is 0 Å². The minimum atomic E-state index is 0.433. The maximum atomic E-state index is 5.89. The average molecular weight is 270 g/mol. The number of rotatable bonds is 4. The van der Waals surface area contributed by atoms with Crippen molar-refractivity contribution < 1.29 is 4.42 Å². The van der Waals surface area contributed by atoms with Crippen molar-refractivity contribution in [2.45, 2.75) is 18.6 Å². The molecule has 0 aromatic carbocycles. The molecule has 2 heterocycles. The molecule has 0 aliphatic heterocycles. The van der Waals surface area contributed by atoms with Gasteiger partial charge in [-0.1, -0.05) is 23.4 Å². The van der Waals surface area contributed by atoms with E-state index in [0.29, 0.717) is 22.7 Å². The van der Waals surface area contributed by atoms with E-state index in [9.17, 15) is 0 Å². The van der Waals surface area contributed by atoms with Gasteiger partial charge in [0.25, 0.3) is 0 Å². The van der Waals surface area contributed by atoms with Crippen LogP contribution < -0.4 is 5.32 Å². The van der Waals surface area contributed by atoms with Crippen molar-refractivity contribution in [2.75, 3.05) is 11.6 Å². The number of hydrogen-bond acceptors (Lipinski definition) is 5. The minimum Gasteiger partial charge on any atom is -0.465 e. The Morgan fingerprint density at radius 3 is 2.88 bits per heavy atom. The molecule has 0 radical (unpaired) electrons. The van der Waals surface area contributed by atoms with Crippen LogP contribution in [-0.4, -0.2) is 16.2 Å². The third-order valence-electron chi connectivity index (χ3n) is 2.10. The van der Waals surface area contributed by atoms with Crippen LogP contribution >= 0.6 is 23.4 Å². The lowest BCUT2D eigenvalue weighted by atomic mass is 10.4. The number of hydrogen-bond donors (Lipinski definition) is 1.